The van der Waals surface area contributed by atoms with Crippen LogP contribution in [-0.4, -0.2) is 29.0 Å². The number of rotatable bonds is 3. The molecule has 132 valence electrons. The monoisotopic (exact) mass is 352 g/mol. The number of para-hydroxylation sites is 1. The highest BCUT2D eigenvalue weighted by Crippen LogP contribution is 2.32. The average Bonchev–Trinajstić information content (AvgIpc) is 3.05. The van der Waals surface area contributed by atoms with Crippen LogP contribution < -0.4 is 5.32 Å². The summed E-state index contributed by atoms with van der Waals surface area (Å²) in [5, 5.41) is 14.0. The molecule has 0 amide bonds. The van der Waals surface area contributed by atoms with Gasteiger partial charge in [-0.2, -0.15) is 0 Å². The van der Waals surface area contributed by atoms with Gasteiger partial charge in [-0.05, 0) is 23.8 Å². The number of esters is 1. The van der Waals surface area contributed by atoms with E-state index in [1.165, 1.54) is 19.2 Å². The van der Waals surface area contributed by atoms with Gasteiger partial charge in [0.25, 0.3) is 5.69 Å². The fourth-order valence-corrected chi connectivity index (χ4v) is 3.72. The van der Waals surface area contributed by atoms with Gasteiger partial charge in [-0.1, -0.05) is 18.2 Å². The second kappa shape index (κ2) is 6.27. The molecule has 1 aromatic heterocycles. The molecule has 4 rings (SSSR count). The predicted molar refractivity (Wildman–Crippen MR) is 94.7 cm³/mol. The first kappa shape index (κ1) is 16.3. The SMILES string of the molecule is COC(=O)[C@@H]1Cc2c([nH]c3ccccc23)[C@@H](c2ccc([N+](=O)[O-])cc2)[NH2+]1. The Balaban J connectivity index is 1.83. The van der Waals surface area contributed by atoms with Gasteiger partial charge in [-0.3, -0.25) is 10.1 Å². The van der Waals surface area contributed by atoms with Gasteiger partial charge >= 0.3 is 5.97 Å². The molecule has 7 nitrogen and oxygen atoms in total. The number of nitro benzene ring substituents is 1. The number of fused-ring (bicyclic) bond motifs is 3. The molecule has 3 N–H and O–H groups in total. The Morgan fingerprint density at radius 3 is 2.65 bits per heavy atom. The molecule has 0 aliphatic carbocycles. The maximum absolute atomic E-state index is 12.2. The number of nitrogens with zero attached hydrogens (tertiary/aromatic N) is 1. The molecule has 0 radical (unpaired) electrons. The van der Waals surface area contributed by atoms with Gasteiger partial charge in [0.1, 0.15) is 0 Å². The van der Waals surface area contributed by atoms with Crippen molar-refractivity contribution in [1.29, 1.82) is 0 Å². The largest absolute Gasteiger partial charge is 0.465 e. The number of carbonyl (C=O) groups is 1. The zero-order valence-corrected chi connectivity index (χ0v) is 14.1. The zero-order valence-electron chi connectivity index (χ0n) is 14.1. The minimum absolute atomic E-state index is 0.0472. The van der Waals surface area contributed by atoms with Crippen molar-refractivity contribution >= 4 is 22.6 Å². The van der Waals surface area contributed by atoms with Crippen LogP contribution >= 0.6 is 0 Å². The van der Waals surface area contributed by atoms with Gasteiger partial charge in [-0.25, -0.2) is 4.79 Å². The van der Waals surface area contributed by atoms with Crippen molar-refractivity contribution in [2.24, 2.45) is 0 Å². The number of non-ortho nitro benzene ring substituents is 1. The first-order valence-electron chi connectivity index (χ1n) is 8.35. The average molecular weight is 352 g/mol. The third kappa shape index (κ3) is 2.62. The summed E-state index contributed by atoms with van der Waals surface area (Å²) in [7, 11) is 1.39. The number of aromatic nitrogens is 1. The lowest BCUT2D eigenvalue weighted by atomic mass is 9.90. The molecule has 0 spiro atoms. The summed E-state index contributed by atoms with van der Waals surface area (Å²) in [6.07, 6.45) is 0.579. The number of quaternary nitrogens is 1. The fraction of sp³-hybridized carbons (Fsp3) is 0.211. The van der Waals surface area contributed by atoms with Crippen LogP contribution in [0.1, 0.15) is 22.9 Å². The standard InChI is InChI=1S/C19H17N3O4/c1-26-19(23)16-10-14-13-4-2-3-5-15(13)20-18(14)17(21-16)11-6-8-12(9-7-11)22(24)25/h2-9,16-17,20-21H,10H2,1H3/p+1/t16-,17+/m0/s1. The Labute approximate surface area is 149 Å². The molecule has 0 unspecified atom stereocenters. The van der Waals surface area contributed by atoms with E-state index in [-0.39, 0.29) is 23.7 Å². The Kier molecular flexibility index (Phi) is 3.93. The Hall–Kier alpha value is -3.19. The molecule has 1 aliphatic heterocycles. The van der Waals surface area contributed by atoms with E-state index in [1.807, 2.05) is 29.6 Å². The van der Waals surface area contributed by atoms with Gasteiger partial charge in [0, 0.05) is 35.0 Å². The fourth-order valence-electron chi connectivity index (χ4n) is 3.72. The van der Waals surface area contributed by atoms with Crippen molar-refractivity contribution < 1.29 is 19.8 Å². The zero-order chi connectivity index (χ0) is 18.3. The number of aromatic amines is 1. The van der Waals surface area contributed by atoms with Crippen molar-refractivity contribution in [3.63, 3.8) is 0 Å². The molecule has 3 aromatic rings. The Bertz CT molecular complexity index is 994. The van der Waals surface area contributed by atoms with Crippen molar-refractivity contribution in [3.05, 3.63) is 75.5 Å². The number of methoxy groups -OCH3 is 1. The second-order valence-corrected chi connectivity index (χ2v) is 6.42. The van der Waals surface area contributed by atoms with E-state index in [0.717, 1.165) is 27.7 Å². The number of benzene rings is 2. The molecule has 0 bridgehead atoms. The van der Waals surface area contributed by atoms with E-state index in [9.17, 15) is 14.9 Å². The van der Waals surface area contributed by atoms with E-state index < -0.39 is 4.92 Å². The number of hydrogen-bond acceptors (Lipinski definition) is 4. The van der Waals surface area contributed by atoms with Crippen LogP contribution in [0, 0.1) is 10.1 Å². The molecule has 2 atom stereocenters. The van der Waals surface area contributed by atoms with E-state index in [0.29, 0.717) is 6.42 Å². The van der Waals surface area contributed by atoms with Gasteiger partial charge in [0.05, 0.1) is 17.7 Å². The normalized spacial score (nSPS) is 19.1. The van der Waals surface area contributed by atoms with Crippen LogP contribution in [-0.2, 0) is 16.0 Å². The Morgan fingerprint density at radius 1 is 1.23 bits per heavy atom. The van der Waals surface area contributed by atoms with Crippen molar-refractivity contribution in [1.82, 2.24) is 4.98 Å². The lowest BCUT2D eigenvalue weighted by Gasteiger charge is -2.26. The topological polar surface area (TPSA) is 102 Å². The molecule has 1 aliphatic rings. The van der Waals surface area contributed by atoms with Gasteiger partial charge in [-0.15, -0.1) is 0 Å². The van der Waals surface area contributed by atoms with E-state index >= 15 is 0 Å². The quantitative estimate of drug-likeness (QED) is 0.426. The molecule has 0 fully saturated rings. The predicted octanol–water partition coefficient (Wildman–Crippen LogP) is 1.83. The van der Waals surface area contributed by atoms with E-state index in [4.69, 9.17) is 4.74 Å². The summed E-state index contributed by atoms with van der Waals surface area (Å²) < 4.78 is 4.96. The highest BCUT2D eigenvalue weighted by Gasteiger charge is 2.38. The Morgan fingerprint density at radius 2 is 1.96 bits per heavy atom. The maximum atomic E-state index is 12.2. The number of ether oxygens (including phenoxy) is 1. The van der Waals surface area contributed by atoms with Crippen LogP contribution in [0.15, 0.2) is 48.5 Å². The molecular formula is C19H18N3O4+. The van der Waals surface area contributed by atoms with Crippen LogP contribution in [0.25, 0.3) is 10.9 Å². The summed E-state index contributed by atoms with van der Waals surface area (Å²) in [6.45, 7) is 0. The third-order valence-electron chi connectivity index (χ3n) is 4.97. The van der Waals surface area contributed by atoms with Crippen molar-refractivity contribution in [3.8, 4) is 0 Å². The highest BCUT2D eigenvalue weighted by atomic mass is 16.6. The number of hydrogen-bond donors (Lipinski definition) is 2. The van der Waals surface area contributed by atoms with Gasteiger partial charge in [0.2, 0.25) is 0 Å². The lowest BCUT2D eigenvalue weighted by Crippen LogP contribution is -2.94. The van der Waals surface area contributed by atoms with Crippen molar-refractivity contribution in [2.45, 2.75) is 18.5 Å². The first-order valence-corrected chi connectivity index (χ1v) is 8.35. The molecular weight excluding hydrogens is 334 g/mol. The smallest absolute Gasteiger partial charge is 0.364 e. The van der Waals surface area contributed by atoms with E-state index in [2.05, 4.69) is 4.98 Å². The number of carbonyl (C=O) groups excluding carboxylic acids is 1. The molecule has 2 heterocycles. The molecule has 2 aromatic carbocycles. The summed E-state index contributed by atoms with van der Waals surface area (Å²) in [5.74, 6) is -0.271. The number of nitrogens with two attached hydrogens (primary N) is 1. The molecule has 0 saturated heterocycles. The van der Waals surface area contributed by atoms with Crippen LogP contribution in [0.4, 0.5) is 5.69 Å². The van der Waals surface area contributed by atoms with Crippen molar-refractivity contribution in [2.75, 3.05) is 7.11 Å². The summed E-state index contributed by atoms with van der Waals surface area (Å²) in [5.41, 5.74) is 4.09. The number of nitro groups is 1. The van der Waals surface area contributed by atoms with Crippen LogP contribution in [0.3, 0.4) is 0 Å². The summed E-state index contributed by atoms with van der Waals surface area (Å²) in [6, 6.07) is 14.0. The minimum Gasteiger partial charge on any atom is -0.465 e. The molecule has 26 heavy (non-hydrogen) atoms. The second-order valence-electron chi connectivity index (χ2n) is 6.42. The third-order valence-corrected chi connectivity index (χ3v) is 4.97. The van der Waals surface area contributed by atoms with Crippen LogP contribution in [0.5, 0.6) is 0 Å². The van der Waals surface area contributed by atoms with Gasteiger partial charge < -0.3 is 15.0 Å². The summed E-state index contributed by atoms with van der Waals surface area (Å²) >= 11 is 0. The highest BCUT2D eigenvalue weighted by molar-refractivity contribution is 5.86. The molecule has 7 heteroatoms. The van der Waals surface area contributed by atoms with E-state index in [1.54, 1.807) is 12.1 Å². The van der Waals surface area contributed by atoms with Gasteiger partial charge in [0.15, 0.2) is 12.1 Å². The number of H-pyrrole nitrogens is 1. The minimum atomic E-state index is -0.417. The molecule has 0 saturated carbocycles. The number of nitrogens with one attached hydrogen (secondary N) is 1. The first-order chi connectivity index (χ1) is 12.6. The lowest BCUT2D eigenvalue weighted by molar-refractivity contribution is -0.712. The maximum Gasteiger partial charge on any atom is 0.364 e. The summed E-state index contributed by atoms with van der Waals surface area (Å²) in [4.78, 5) is 26.2. The van der Waals surface area contributed by atoms with Crippen LogP contribution in [0.2, 0.25) is 0 Å².